The topological polar surface area (TPSA) is 56.5 Å². The first-order chi connectivity index (χ1) is 28.7. The zero-order valence-corrected chi connectivity index (χ0v) is 31.3. The predicted octanol–water partition coefficient (Wildman–Crippen LogP) is 12.2. The molecular weight excluding hydrogens is 707 g/mol. The van der Waals surface area contributed by atoms with Crippen LogP contribution in [0.15, 0.2) is 200 Å². The highest BCUT2D eigenvalue weighted by Gasteiger charge is 2.54. The quantitative estimate of drug-likeness (QED) is 0.176. The zero-order chi connectivity index (χ0) is 38.2. The van der Waals surface area contributed by atoms with E-state index in [0.29, 0.717) is 17.5 Å². The fourth-order valence-electron chi connectivity index (χ4n) is 9.28. The Morgan fingerprint density at radius 3 is 1.38 bits per heavy atom. The summed E-state index contributed by atoms with van der Waals surface area (Å²) in [6, 6.07) is 70.7. The van der Waals surface area contributed by atoms with Crippen molar-refractivity contribution >= 4 is 11.0 Å². The Morgan fingerprint density at radius 1 is 0.328 bits per heavy atom. The average Bonchev–Trinajstić information content (AvgIpc) is 3.93. The molecule has 8 aromatic carbocycles. The van der Waals surface area contributed by atoms with Gasteiger partial charge in [0.05, 0.1) is 16.7 Å². The molecule has 58 heavy (non-hydrogen) atoms. The van der Waals surface area contributed by atoms with E-state index in [1.54, 1.807) is 0 Å². The predicted molar refractivity (Wildman–Crippen MR) is 232 cm³/mol. The third-order valence-electron chi connectivity index (χ3n) is 11.8. The monoisotopic (exact) mass is 739 g/mol. The second-order valence-corrected chi connectivity index (χ2v) is 15.0. The zero-order valence-electron chi connectivity index (χ0n) is 31.3. The second kappa shape index (κ2) is 12.6. The number of aromatic nitrogens is 5. The molecule has 3 heterocycles. The molecular formula is C53H33N5. The lowest BCUT2D eigenvalue weighted by Gasteiger charge is -2.27. The molecule has 5 heteroatoms. The molecule has 5 nitrogen and oxygen atoms in total. The first-order valence-electron chi connectivity index (χ1n) is 19.6. The lowest BCUT2D eigenvalue weighted by atomic mass is 9.73. The number of para-hydroxylation sites is 1. The Labute approximate surface area is 335 Å². The molecule has 1 aliphatic heterocycles. The largest absolute Gasteiger partial charge is 0.295 e. The first kappa shape index (κ1) is 32.5. The Balaban J connectivity index is 0.954. The number of hydrogen-bond donors (Lipinski definition) is 0. The highest BCUT2D eigenvalue weighted by atomic mass is 15.1. The minimum Gasteiger partial charge on any atom is -0.295 e. The number of rotatable bonds is 5. The summed E-state index contributed by atoms with van der Waals surface area (Å²) in [5.74, 6) is 2.98. The van der Waals surface area contributed by atoms with Gasteiger partial charge in [-0.3, -0.25) is 4.57 Å². The van der Waals surface area contributed by atoms with Crippen LogP contribution in [0.25, 0.3) is 84.3 Å². The van der Waals surface area contributed by atoms with Crippen LogP contribution in [0.5, 0.6) is 0 Å². The van der Waals surface area contributed by atoms with Crippen LogP contribution < -0.4 is 0 Å². The molecule has 2 aromatic heterocycles. The summed E-state index contributed by atoms with van der Waals surface area (Å²) in [6.45, 7) is 0. The maximum Gasteiger partial charge on any atom is 0.164 e. The number of hydrogen-bond acceptors (Lipinski definition) is 4. The fraction of sp³-hybridized carbons (Fsp3) is 0.0189. The third-order valence-corrected chi connectivity index (χ3v) is 11.8. The summed E-state index contributed by atoms with van der Waals surface area (Å²) in [4.78, 5) is 20.4. The molecule has 0 atom stereocenters. The van der Waals surface area contributed by atoms with Gasteiger partial charge < -0.3 is 0 Å². The van der Waals surface area contributed by atoms with E-state index in [-0.39, 0.29) is 0 Å². The van der Waals surface area contributed by atoms with Crippen molar-refractivity contribution in [3.63, 3.8) is 0 Å². The number of fused-ring (bicyclic) bond motifs is 12. The summed E-state index contributed by atoms with van der Waals surface area (Å²) >= 11 is 0. The minimum absolute atomic E-state index is 0.490. The van der Waals surface area contributed by atoms with Crippen molar-refractivity contribution in [2.45, 2.75) is 5.41 Å². The van der Waals surface area contributed by atoms with Crippen LogP contribution in [0.2, 0.25) is 0 Å². The van der Waals surface area contributed by atoms with E-state index in [1.807, 2.05) is 60.7 Å². The summed E-state index contributed by atoms with van der Waals surface area (Å²) in [6.07, 6.45) is 0. The van der Waals surface area contributed by atoms with Crippen molar-refractivity contribution in [2.75, 3.05) is 0 Å². The van der Waals surface area contributed by atoms with Crippen LogP contribution in [0.4, 0.5) is 0 Å². The number of imidazole rings is 1. The van der Waals surface area contributed by atoms with E-state index < -0.39 is 5.41 Å². The highest BCUT2D eigenvalue weighted by Crippen LogP contribution is 2.60. The smallest absolute Gasteiger partial charge is 0.164 e. The van der Waals surface area contributed by atoms with Crippen LogP contribution in [0, 0.1) is 0 Å². The van der Waals surface area contributed by atoms with Gasteiger partial charge in [0.2, 0.25) is 0 Å². The van der Waals surface area contributed by atoms with Crippen molar-refractivity contribution in [3.05, 3.63) is 223 Å². The first-order valence-corrected chi connectivity index (χ1v) is 19.6. The van der Waals surface area contributed by atoms with Gasteiger partial charge in [-0.2, -0.15) is 0 Å². The molecule has 0 fully saturated rings. The van der Waals surface area contributed by atoms with Gasteiger partial charge in [0.1, 0.15) is 11.2 Å². The molecule has 0 N–H and O–H groups in total. The van der Waals surface area contributed by atoms with Crippen LogP contribution in [0.3, 0.4) is 0 Å². The maximum absolute atomic E-state index is 5.55. The van der Waals surface area contributed by atoms with Gasteiger partial charge in [-0.1, -0.05) is 170 Å². The molecule has 12 rings (SSSR count). The Morgan fingerprint density at radius 2 is 0.776 bits per heavy atom. The Hall–Kier alpha value is -7.76. The SMILES string of the molecule is c1ccc(-c2nc(-c3ccccc3)nc(-c3cccc(-c4cccc(-c5ccc6c(c5)nc5n6-c6ccccc6C56c5ccccc5-c5ccccc56)c4)c3)n2)cc1. The van der Waals surface area contributed by atoms with E-state index in [4.69, 9.17) is 19.9 Å². The maximum atomic E-state index is 5.55. The fourth-order valence-corrected chi connectivity index (χ4v) is 9.28. The van der Waals surface area contributed by atoms with Crippen molar-refractivity contribution in [2.24, 2.45) is 0 Å². The van der Waals surface area contributed by atoms with Gasteiger partial charge in [-0.25, -0.2) is 19.9 Å². The van der Waals surface area contributed by atoms with E-state index >= 15 is 0 Å². The molecule has 1 spiro atoms. The van der Waals surface area contributed by atoms with Crippen molar-refractivity contribution in [1.29, 1.82) is 0 Å². The van der Waals surface area contributed by atoms with Crippen LogP contribution in [-0.4, -0.2) is 24.5 Å². The summed E-state index contributed by atoms with van der Waals surface area (Å²) in [7, 11) is 0. The van der Waals surface area contributed by atoms with Crippen molar-refractivity contribution in [1.82, 2.24) is 24.5 Å². The van der Waals surface area contributed by atoms with Gasteiger partial charge in [-0.05, 0) is 80.4 Å². The van der Waals surface area contributed by atoms with Crippen LogP contribution in [0.1, 0.15) is 22.5 Å². The van der Waals surface area contributed by atoms with E-state index in [9.17, 15) is 0 Å². The summed E-state index contributed by atoms with van der Waals surface area (Å²) in [5, 5.41) is 0. The van der Waals surface area contributed by atoms with Gasteiger partial charge >= 0.3 is 0 Å². The molecule has 0 bridgehead atoms. The Kier molecular flexibility index (Phi) is 7.07. The lowest BCUT2D eigenvalue weighted by Crippen LogP contribution is -2.27. The molecule has 0 amide bonds. The molecule has 0 radical (unpaired) electrons. The normalized spacial score (nSPS) is 13.0. The van der Waals surface area contributed by atoms with Crippen LogP contribution in [-0.2, 0) is 5.41 Å². The second-order valence-electron chi connectivity index (χ2n) is 15.0. The van der Waals surface area contributed by atoms with Gasteiger partial charge in [0.25, 0.3) is 0 Å². The summed E-state index contributed by atoms with van der Waals surface area (Å²) < 4.78 is 2.39. The standard InChI is InChI=1S/C53H33N5/c1-3-15-34(16-4-1)49-55-50(35-17-5-2-6-18-35)57-51(56-49)40-22-14-21-38(32-40)36-19-13-20-37(31-36)39-29-30-48-46(33-39)54-52-53(45-27-11-12-28-47(45)58(48)52)43-25-9-7-23-41(43)42-24-8-10-26-44(42)53/h1-33H. The Bertz CT molecular complexity index is 3130. The van der Waals surface area contributed by atoms with E-state index in [1.165, 1.54) is 33.5 Å². The molecule has 1 aliphatic carbocycles. The van der Waals surface area contributed by atoms with Gasteiger partial charge in [-0.15, -0.1) is 0 Å². The van der Waals surface area contributed by atoms with E-state index in [2.05, 4.69) is 144 Å². The molecule has 0 saturated heterocycles. The lowest BCUT2D eigenvalue weighted by molar-refractivity contribution is 0.738. The minimum atomic E-state index is -0.490. The number of nitrogens with zero attached hydrogens (tertiary/aromatic N) is 5. The van der Waals surface area contributed by atoms with E-state index in [0.717, 1.165) is 55.8 Å². The molecule has 0 saturated carbocycles. The highest BCUT2D eigenvalue weighted by molar-refractivity contribution is 5.93. The van der Waals surface area contributed by atoms with Crippen LogP contribution >= 0.6 is 0 Å². The van der Waals surface area contributed by atoms with Crippen molar-refractivity contribution < 1.29 is 0 Å². The van der Waals surface area contributed by atoms with Gasteiger partial charge in [0.15, 0.2) is 17.5 Å². The average molecular weight is 740 g/mol. The van der Waals surface area contributed by atoms with Gasteiger partial charge in [0, 0.05) is 16.7 Å². The molecule has 0 unspecified atom stereocenters. The molecule has 270 valence electrons. The molecule has 2 aliphatic rings. The summed E-state index contributed by atoms with van der Waals surface area (Å²) in [5.41, 5.74) is 16.5. The van der Waals surface area contributed by atoms with Crippen molar-refractivity contribution in [3.8, 4) is 73.2 Å². The third kappa shape index (κ3) is 4.77. The number of benzene rings is 8. The molecule has 10 aromatic rings.